The molecule has 0 N–H and O–H groups in total. The second-order valence-electron chi connectivity index (χ2n) is 4.37. The highest BCUT2D eigenvalue weighted by molar-refractivity contribution is 4.98. The van der Waals surface area contributed by atoms with Gasteiger partial charge in [-0.25, -0.2) is 0 Å². The number of hydrogen-bond donors (Lipinski definition) is 0. The Kier molecular flexibility index (Phi) is 4.26. The van der Waals surface area contributed by atoms with Gasteiger partial charge in [-0.05, 0) is 24.7 Å². The molecule has 0 aromatic carbocycles. The summed E-state index contributed by atoms with van der Waals surface area (Å²) in [4.78, 5) is 0. The lowest BCUT2D eigenvalue weighted by Crippen LogP contribution is -2.13. The van der Waals surface area contributed by atoms with E-state index in [1.807, 2.05) is 6.92 Å². The van der Waals surface area contributed by atoms with Crippen molar-refractivity contribution in [3.8, 4) is 11.8 Å². The van der Waals surface area contributed by atoms with Crippen molar-refractivity contribution in [3.05, 3.63) is 0 Å². The largest absolute Gasteiger partial charge is 0.107 e. The van der Waals surface area contributed by atoms with Crippen molar-refractivity contribution in [1.82, 2.24) is 0 Å². The smallest absolute Gasteiger partial charge is 0.0140 e. The molecule has 0 heterocycles. The lowest BCUT2D eigenvalue weighted by atomic mass is 9.81. The first-order valence-electron chi connectivity index (χ1n) is 4.37. The van der Waals surface area contributed by atoms with Gasteiger partial charge in [0.05, 0.1) is 0 Å². The molecular weight excluding hydrogens is 132 g/mol. The third kappa shape index (κ3) is 5.98. The van der Waals surface area contributed by atoms with Crippen LogP contribution in [0.4, 0.5) is 0 Å². The van der Waals surface area contributed by atoms with Gasteiger partial charge in [-0.15, -0.1) is 11.8 Å². The highest BCUT2D eigenvalue weighted by atomic mass is 14.2. The van der Waals surface area contributed by atoms with Crippen molar-refractivity contribution in [2.75, 3.05) is 0 Å². The fourth-order valence-electron chi connectivity index (χ4n) is 1.51. The highest BCUT2D eigenvalue weighted by Crippen LogP contribution is 2.28. The van der Waals surface area contributed by atoms with Crippen LogP contribution in [0.25, 0.3) is 0 Å². The van der Waals surface area contributed by atoms with Gasteiger partial charge in [-0.2, -0.15) is 0 Å². The molecular formula is C11H20. The zero-order valence-electron chi connectivity index (χ0n) is 8.49. The lowest BCUT2D eigenvalue weighted by Gasteiger charge is -2.23. The molecule has 0 aliphatic rings. The van der Waals surface area contributed by atoms with Crippen LogP contribution in [-0.4, -0.2) is 0 Å². The minimum absolute atomic E-state index is 0.400. The molecule has 0 aliphatic heterocycles. The van der Waals surface area contributed by atoms with Crippen LogP contribution in [0.3, 0.4) is 0 Å². The molecule has 0 amide bonds. The van der Waals surface area contributed by atoms with Crippen LogP contribution in [-0.2, 0) is 0 Å². The first-order chi connectivity index (χ1) is 4.98. The lowest BCUT2D eigenvalue weighted by molar-refractivity contribution is 0.295. The zero-order chi connectivity index (χ0) is 8.91. The van der Waals surface area contributed by atoms with E-state index >= 15 is 0 Å². The minimum atomic E-state index is 0.400. The predicted molar refractivity (Wildman–Crippen MR) is 51.3 cm³/mol. The van der Waals surface area contributed by atoms with Gasteiger partial charge in [0.25, 0.3) is 0 Å². The molecule has 0 radical (unpaired) electrons. The molecule has 0 saturated carbocycles. The SMILES string of the molecule is CC#CCC(C)(C)CC(C)C. The molecule has 0 unspecified atom stereocenters. The average molecular weight is 152 g/mol. The molecule has 0 aromatic rings. The topological polar surface area (TPSA) is 0 Å². The first kappa shape index (κ1) is 10.6. The normalized spacial score (nSPS) is 11.1. The Balaban J connectivity index is 3.86. The van der Waals surface area contributed by atoms with Crippen LogP contribution < -0.4 is 0 Å². The molecule has 0 heteroatoms. The second kappa shape index (κ2) is 4.44. The third-order valence-corrected chi connectivity index (χ3v) is 1.70. The maximum atomic E-state index is 3.14. The Bertz CT molecular complexity index is 153. The fraction of sp³-hybridized carbons (Fsp3) is 0.818. The minimum Gasteiger partial charge on any atom is -0.107 e. The molecule has 64 valence electrons. The summed E-state index contributed by atoms with van der Waals surface area (Å²) in [6.07, 6.45) is 2.30. The summed E-state index contributed by atoms with van der Waals surface area (Å²) in [5.74, 6) is 6.87. The summed E-state index contributed by atoms with van der Waals surface area (Å²) in [5.41, 5.74) is 0.400. The van der Waals surface area contributed by atoms with Gasteiger partial charge < -0.3 is 0 Å². The molecule has 0 aromatic heterocycles. The Hall–Kier alpha value is -0.440. The van der Waals surface area contributed by atoms with Gasteiger partial charge in [0.15, 0.2) is 0 Å². The Morgan fingerprint density at radius 1 is 1.27 bits per heavy atom. The van der Waals surface area contributed by atoms with Gasteiger partial charge in [-0.1, -0.05) is 27.7 Å². The van der Waals surface area contributed by atoms with E-state index in [0.717, 1.165) is 12.3 Å². The van der Waals surface area contributed by atoms with Gasteiger partial charge in [0, 0.05) is 6.42 Å². The molecule has 0 bridgehead atoms. The van der Waals surface area contributed by atoms with E-state index in [1.54, 1.807) is 0 Å². The Morgan fingerprint density at radius 2 is 1.82 bits per heavy atom. The van der Waals surface area contributed by atoms with Crippen LogP contribution in [0.5, 0.6) is 0 Å². The summed E-state index contributed by atoms with van der Waals surface area (Å²) in [6.45, 7) is 11.0. The van der Waals surface area contributed by atoms with Gasteiger partial charge >= 0.3 is 0 Å². The molecule has 0 saturated heterocycles. The molecule has 11 heavy (non-hydrogen) atoms. The van der Waals surface area contributed by atoms with Crippen molar-refractivity contribution in [3.63, 3.8) is 0 Å². The van der Waals surface area contributed by atoms with Crippen molar-refractivity contribution in [1.29, 1.82) is 0 Å². The zero-order valence-corrected chi connectivity index (χ0v) is 8.49. The van der Waals surface area contributed by atoms with E-state index in [1.165, 1.54) is 6.42 Å². The Labute approximate surface area is 71.4 Å². The van der Waals surface area contributed by atoms with E-state index in [-0.39, 0.29) is 0 Å². The maximum absolute atomic E-state index is 3.14. The monoisotopic (exact) mass is 152 g/mol. The summed E-state index contributed by atoms with van der Waals surface area (Å²) >= 11 is 0. The number of rotatable bonds is 3. The van der Waals surface area contributed by atoms with Gasteiger partial charge in [0.1, 0.15) is 0 Å². The van der Waals surface area contributed by atoms with Crippen molar-refractivity contribution in [2.45, 2.75) is 47.5 Å². The quantitative estimate of drug-likeness (QED) is 0.543. The summed E-state index contributed by atoms with van der Waals surface area (Å²) < 4.78 is 0. The van der Waals surface area contributed by atoms with Crippen LogP contribution >= 0.6 is 0 Å². The molecule has 0 atom stereocenters. The molecule has 0 spiro atoms. The average Bonchev–Trinajstić information content (AvgIpc) is 1.81. The summed E-state index contributed by atoms with van der Waals surface area (Å²) in [5, 5.41) is 0. The maximum Gasteiger partial charge on any atom is 0.0140 e. The molecule has 0 aliphatic carbocycles. The van der Waals surface area contributed by atoms with Crippen LogP contribution in [0.1, 0.15) is 47.5 Å². The fourth-order valence-corrected chi connectivity index (χ4v) is 1.51. The number of hydrogen-bond acceptors (Lipinski definition) is 0. The van der Waals surface area contributed by atoms with E-state index < -0.39 is 0 Å². The van der Waals surface area contributed by atoms with E-state index in [2.05, 4.69) is 39.5 Å². The predicted octanol–water partition coefficient (Wildman–Crippen LogP) is 3.47. The van der Waals surface area contributed by atoms with Crippen LogP contribution in [0, 0.1) is 23.2 Å². The molecule has 0 rings (SSSR count). The Morgan fingerprint density at radius 3 is 2.18 bits per heavy atom. The van der Waals surface area contributed by atoms with Crippen LogP contribution in [0.15, 0.2) is 0 Å². The highest BCUT2D eigenvalue weighted by Gasteiger charge is 2.17. The summed E-state index contributed by atoms with van der Waals surface area (Å²) in [7, 11) is 0. The first-order valence-corrected chi connectivity index (χ1v) is 4.37. The summed E-state index contributed by atoms with van der Waals surface area (Å²) in [6, 6.07) is 0. The van der Waals surface area contributed by atoms with Crippen molar-refractivity contribution >= 4 is 0 Å². The van der Waals surface area contributed by atoms with Gasteiger partial charge in [-0.3, -0.25) is 0 Å². The molecule has 0 nitrogen and oxygen atoms in total. The van der Waals surface area contributed by atoms with Crippen LogP contribution in [0.2, 0.25) is 0 Å². The standard InChI is InChI=1S/C11H20/c1-6-7-8-11(4,5)9-10(2)3/h10H,8-9H2,1-5H3. The molecule has 0 fully saturated rings. The van der Waals surface area contributed by atoms with E-state index in [4.69, 9.17) is 0 Å². The van der Waals surface area contributed by atoms with Crippen molar-refractivity contribution in [2.24, 2.45) is 11.3 Å². The van der Waals surface area contributed by atoms with Crippen molar-refractivity contribution < 1.29 is 0 Å². The second-order valence-corrected chi connectivity index (χ2v) is 4.37. The van der Waals surface area contributed by atoms with Gasteiger partial charge in [0.2, 0.25) is 0 Å². The van der Waals surface area contributed by atoms with E-state index in [9.17, 15) is 0 Å². The third-order valence-electron chi connectivity index (χ3n) is 1.70. The van der Waals surface area contributed by atoms with E-state index in [0.29, 0.717) is 5.41 Å².